The number of nitrogens with zero attached hydrogens (tertiary/aromatic N) is 4. The number of hydrogen-bond donors (Lipinski definition) is 1. The number of rotatable bonds is 6. The van der Waals surface area contributed by atoms with Gasteiger partial charge in [0.1, 0.15) is 12.4 Å². The zero-order valence-corrected chi connectivity index (χ0v) is 13.6. The minimum atomic E-state index is -0.0866. The fourth-order valence-electron chi connectivity index (χ4n) is 2.33. The number of aryl methyl sites for hydroxylation is 1. The van der Waals surface area contributed by atoms with Crippen molar-refractivity contribution in [3.8, 4) is 16.9 Å². The third-order valence-electron chi connectivity index (χ3n) is 3.66. The van der Waals surface area contributed by atoms with Crippen LogP contribution in [0.3, 0.4) is 0 Å². The number of aromatic nitrogens is 4. The first kappa shape index (κ1) is 15.8. The highest BCUT2D eigenvalue weighted by Gasteiger charge is 2.12. The second kappa shape index (κ2) is 6.99. The molecule has 0 radical (unpaired) electrons. The molecule has 0 saturated heterocycles. The highest BCUT2D eigenvalue weighted by Crippen LogP contribution is 2.23. The smallest absolute Gasteiger partial charge is 0.256 e. The standard InChI is InChI=1S/C17H19N5O2/c1-21(17(23)14-9-18-19-10-14)6-7-24-16-5-3-4-13(8-16)15-11-20-22(2)12-15/h3-5,8-12H,6-7H2,1-2H3,(H,18,19). The largest absolute Gasteiger partial charge is 0.492 e. The number of amides is 1. The molecule has 1 amide bonds. The number of likely N-dealkylation sites (N-methyl/N-ethyl adjacent to an activating group) is 1. The Kier molecular flexibility index (Phi) is 4.60. The summed E-state index contributed by atoms with van der Waals surface area (Å²) in [7, 11) is 3.63. The van der Waals surface area contributed by atoms with Gasteiger partial charge in [-0.15, -0.1) is 0 Å². The molecule has 7 heteroatoms. The number of H-pyrrole nitrogens is 1. The lowest BCUT2D eigenvalue weighted by Gasteiger charge is -2.16. The third-order valence-corrected chi connectivity index (χ3v) is 3.66. The molecule has 0 fully saturated rings. The van der Waals surface area contributed by atoms with Gasteiger partial charge in [0.05, 0.1) is 24.5 Å². The van der Waals surface area contributed by atoms with Crippen molar-refractivity contribution in [3.63, 3.8) is 0 Å². The van der Waals surface area contributed by atoms with E-state index in [1.54, 1.807) is 22.8 Å². The highest BCUT2D eigenvalue weighted by atomic mass is 16.5. The van der Waals surface area contributed by atoms with Crippen LogP contribution >= 0.6 is 0 Å². The predicted octanol–water partition coefficient (Wildman–Crippen LogP) is 1.96. The maximum atomic E-state index is 12.1. The van der Waals surface area contributed by atoms with E-state index in [1.165, 1.54) is 6.20 Å². The van der Waals surface area contributed by atoms with Gasteiger partial charge in [-0.1, -0.05) is 12.1 Å². The first-order chi connectivity index (χ1) is 11.6. The second-order valence-corrected chi connectivity index (χ2v) is 5.49. The summed E-state index contributed by atoms with van der Waals surface area (Å²) in [5.74, 6) is 0.678. The molecule has 0 aliphatic carbocycles. The Morgan fingerprint density at radius 1 is 1.33 bits per heavy atom. The summed E-state index contributed by atoms with van der Waals surface area (Å²) in [5.41, 5.74) is 2.62. The third kappa shape index (κ3) is 3.62. The van der Waals surface area contributed by atoms with Crippen LogP contribution in [-0.4, -0.2) is 51.0 Å². The van der Waals surface area contributed by atoms with Gasteiger partial charge in [0.2, 0.25) is 0 Å². The van der Waals surface area contributed by atoms with Crippen molar-refractivity contribution < 1.29 is 9.53 Å². The molecule has 24 heavy (non-hydrogen) atoms. The maximum Gasteiger partial charge on any atom is 0.256 e. The summed E-state index contributed by atoms with van der Waals surface area (Å²) in [6.45, 7) is 0.901. The van der Waals surface area contributed by atoms with Crippen molar-refractivity contribution >= 4 is 5.91 Å². The Balaban J connectivity index is 1.56. The van der Waals surface area contributed by atoms with Crippen LogP contribution in [0.4, 0.5) is 0 Å². The van der Waals surface area contributed by atoms with Crippen molar-refractivity contribution in [2.24, 2.45) is 7.05 Å². The van der Waals surface area contributed by atoms with Crippen LogP contribution in [-0.2, 0) is 7.05 Å². The topological polar surface area (TPSA) is 76.0 Å². The van der Waals surface area contributed by atoms with Gasteiger partial charge in [-0.3, -0.25) is 14.6 Å². The normalized spacial score (nSPS) is 10.6. The average molecular weight is 325 g/mol. The molecule has 124 valence electrons. The van der Waals surface area contributed by atoms with Gasteiger partial charge >= 0.3 is 0 Å². The molecule has 3 aromatic rings. The number of aromatic amines is 1. The molecule has 0 unspecified atom stereocenters. The molecule has 0 bridgehead atoms. The summed E-state index contributed by atoms with van der Waals surface area (Å²) in [6, 6.07) is 7.82. The molecule has 7 nitrogen and oxygen atoms in total. The lowest BCUT2D eigenvalue weighted by Crippen LogP contribution is -2.30. The quantitative estimate of drug-likeness (QED) is 0.752. The maximum absolute atomic E-state index is 12.1. The van der Waals surface area contributed by atoms with Gasteiger partial charge in [0.15, 0.2) is 0 Å². The number of ether oxygens (including phenoxy) is 1. The Hall–Kier alpha value is -3.09. The van der Waals surface area contributed by atoms with Gasteiger partial charge in [0, 0.05) is 32.1 Å². The minimum absolute atomic E-state index is 0.0866. The molecular weight excluding hydrogens is 306 g/mol. The van der Waals surface area contributed by atoms with E-state index in [2.05, 4.69) is 15.3 Å². The monoisotopic (exact) mass is 325 g/mol. The number of hydrogen-bond acceptors (Lipinski definition) is 4. The van der Waals surface area contributed by atoms with Crippen LogP contribution in [0.15, 0.2) is 49.1 Å². The van der Waals surface area contributed by atoms with Gasteiger partial charge in [-0.05, 0) is 17.7 Å². The number of carbonyl (C=O) groups excluding carboxylic acids is 1. The molecule has 0 aliphatic rings. The molecule has 2 heterocycles. The zero-order chi connectivity index (χ0) is 16.9. The number of benzene rings is 1. The molecular formula is C17H19N5O2. The van der Waals surface area contributed by atoms with Gasteiger partial charge in [-0.2, -0.15) is 10.2 Å². The molecule has 0 aliphatic heterocycles. The van der Waals surface area contributed by atoms with Crippen LogP contribution in [0.5, 0.6) is 5.75 Å². The van der Waals surface area contributed by atoms with Crippen LogP contribution in [0, 0.1) is 0 Å². The molecule has 0 saturated carbocycles. The highest BCUT2D eigenvalue weighted by molar-refractivity contribution is 5.93. The van der Waals surface area contributed by atoms with Crippen LogP contribution in [0.2, 0.25) is 0 Å². The average Bonchev–Trinajstić information content (AvgIpc) is 3.26. The molecule has 0 spiro atoms. The number of carbonyl (C=O) groups is 1. The van der Waals surface area contributed by atoms with E-state index in [4.69, 9.17) is 4.74 Å². The van der Waals surface area contributed by atoms with Crippen LogP contribution < -0.4 is 4.74 Å². The molecule has 2 aromatic heterocycles. The number of nitrogens with one attached hydrogen (secondary N) is 1. The Morgan fingerprint density at radius 3 is 2.92 bits per heavy atom. The van der Waals surface area contributed by atoms with E-state index in [9.17, 15) is 4.79 Å². The fourth-order valence-corrected chi connectivity index (χ4v) is 2.33. The predicted molar refractivity (Wildman–Crippen MR) is 89.7 cm³/mol. The molecule has 1 N–H and O–H groups in total. The molecule has 1 aromatic carbocycles. The Bertz CT molecular complexity index is 810. The Morgan fingerprint density at radius 2 is 2.21 bits per heavy atom. The summed E-state index contributed by atoms with van der Waals surface area (Å²) >= 11 is 0. The van der Waals surface area contributed by atoms with E-state index < -0.39 is 0 Å². The van der Waals surface area contributed by atoms with Crippen LogP contribution in [0.1, 0.15) is 10.4 Å². The van der Waals surface area contributed by atoms with Gasteiger partial charge in [-0.25, -0.2) is 0 Å². The van der Waals surface area contributed by atoms with Crippen LogP contribution in [0.25, 0.3) is 11.1 Å². The molecule has 3 rings (SSSR count). The van der Waals surface area contributed by atoms with Crippen molar-refractivity contribution in [2.45, 2.75) is 0 Å². The van der Waals surface area contributed by atoms with Crippen molar-refractivity contribution in [3.05, 3.63) is 54.6 Å². The van der Waals surface area contributed by atoms with Crippen molar-refractivity contribution in [2.75, 3.05) is 20.2 Å². The molecule has 0 atom stereocenters. The fraction of sp³-hybridized carbons (Fsp3) is 0.235. The summed E-state index contributed by atoms with van der Waals surface area (Å²) < 4.78 is 7.53. The Labute approximate surface area is 139 Å². The first-order valence-corrected chi connectivity index (χ1v) is 7.59. The van der Waals surface area contributed by atoms with E-state index in [-0.39, 0.29) is 5.91 Å². The second-order valence-electron chi connectivity index (χ2n) is 5.49. The van der Waals surface area contributed by atoms with Crippen molar-refractivity contribution in [1.29, 1.82) is 0 Å². The SMILES string of the molecule is CN(CCOc1cccc(-c2cnn(C)c2)c1)C(=O)c1cn[nH]c1. The summed E-state index contributed by atoms with van der Waals surface area (Å²) in [5, 5.41) is 10.6. The minimum Gasteiger partial charge on any atom is -0.492 e. The zero-order valence-electron chi connectivity index (χ0n) is 13.6. The van der Waals surface area contributed by atoms with Crippen molar-refractivity contribution in [1.82, 2.24) is 24.9 Å². The lowest BCUT2D eigenvalue weighted by atomic mass is 10.1. The van der Waals surface area contributed by atoms with Gasteiger partial charge in [0.25, 0.3) is 5.91 Å². The van der Waals surface area contributed by atoms with E-state index in [0.717, 1.165) is 16.9 Å². The first-order valence-electron chi connectivity index (χ1n) is 7.59. The van der Waals surface area contributed by atoms with Gasteiger partial charge < -0.3 is 9.64 Å². The van der Waals surface area contributed by atoms with E-state index in [1.807, 2.05) is 43.7 Å². The lowest BCUT2D eigenvalue weighted by molar-refractivity contribution is 0.0774. The van der Waals surface area contributed by atoms with E-state index >= 15 is 0 Å². The summed E-state index contributed by atoms with van der Waals surface area (Å²) in [4.78, 5) is 13.7. The summed E-state index contributed by atoms with van der Waals surface area (Å²) in [6.07, 6.45) is 6.86. The van der Waals surface area contributed by atoms with E-state index in [0.29, 0.717) is 18.7 Å².